The van der Waals surface area contributed by atoms with Gasteiger partial charge < -0.3 is 4.74 Å². The second kappa shape index (κ2) is 6.65. The lowest BCUT2D eigenvalue weighted by atomic mass is 9.97. The summed E-state index contributed by atoms with van der Waals surface area (Å²) in [6.07, 6.45) is 0.424. The van der Waals surface area contributed by atoms with Crippen molar-refractivity contribution in [3.8, 4) is 5.75 Å². The number of hydrogen-bond acceptors (Lipinski definition) is 3. The quantitative estimate of drug-likeness (QED) is 0.658. The average Bonchev–Trinajstić information content (AvgIpc) is 2.48. The SMILES string of the molecule is COc1cc(C)ccc1C(Cc1ccc(F)c(F)c1)NN. The van der Waals surface area contributed by atoms with Gasteiger partial charge in [0.1, 0.15) is 5.75 Å². The normalized spacial score (nSPS) is 12.2. The number of aryl methyl sites for hydroxylation is 1. The second-order valence-corrected chi connectivity index (χ2v) is 4.92. The predicted molar refractivity (Wildman–Crippen MR) is 77.9 cm³/mol. The van der Waals surface area contributed by atoms with Crippen LogP contribution in [0.4, 0.5) is 8.78 Å². The van der Waals surface area contributed by atoms with Crippen LogP contribution in [0, 0.1) is 18.6 Å². The number of halogens is 2. The molecule has 112 valence electrons. The highest BCUT2D eigenvalue weighted by molar-refractivity contribution is 5.40. The number of hydrogen-bond donors (Lipinski definition) is 2. The van der Waals surface area contributed by atoms with Crippen LogP contribution in [0.3, 0.4) is 0 Å². The summed E-state index contributed by atoms with van der Waals surface area (Å²) in [5.41, 5.74) is 5.29. The summed E-state index contributed by atoms with van der Waals surface area (Å²) in [6, 6.07) is 9.36. The molecule has 5 heteroatoms. The third-order valence-electron chi connectivity index (χ3n) is 3.39. The van der Waals surface area contributed by atoms with Crippen molar-refractivity contribution < 1.29 is 13.5 Å². The molecular weight excluding hydrogens is 274 g/mol. The van der Waals surface area contributed by atoms with Crippen LogP contribution < -0.4 is 16.0 Å². The Hall–Kier alpha value is -1.98. The number of rotatable bonds is 5. The molecule has 2 aromatic carbocycles. The van der Waals surface area contributed by atoms with Gasteiger partial charge in [-0.3, -0.25) is 11.3 Å². The Morgan fingerprint density at radius 2 is 1.90 bits per heavy atom. The Kier molecular flexibility index (Phi) is 4.88. The Morgan fingerprint density at radius 1 is 1.14 bits per heavy atom. The molecule has 0 saturated carbocycles. The first-order chi connectivity index (χ1) is 10.0. The molecular formula is C16H18F2N2O. The fourth-order valence-corrected chi connectivity index (χ4v) is 2.27. The number of nitrogens with one attached hydrogen (secondary N) is 1. The molecule has 0 aliphatic carbocycles. The summed E-state index contributed by atoms with van der Waals surface area (Å²) in [4.78, 5) is 0. The van der Waals surface area contributed by atoms with Crippen LogP contribution in [0.25, 0.3) is 0 Å². The van der Waals surface area contributed by atoms with Crippen LogP contribution >= 0.6 is 0 Å². The van der Waals surface area contributed by atoms with E-state index in [4.69, 9.17) is 10.6 Å². The zero-order chi connectivity index (χ0) is 15.4. The number of benzene rings is 2. The molecule has 0 saturated heterocycles. The maximum atomic E-state index is 13.3. The molecule has 0 bridgehead atoms. The summed E-state index contributed by atoms with van der Waals surface area (Å²) >= 11 is 0. The zero-order valence-corrected chi connectivity index (χ0v) is 12.0. The third kappa shape index (κ3) is 3.56. The highest BCUT2D eigenvalue weighted by atomic mass is 19.2. The van der Waals surface area contributed by atoms with E-state index < -0.39 is 11.6 Å². The van der Waals surface area contributed by atoms with Crippen LogP contribution in [-0.4, -0.2) is 7.11 Å². The fourth-order valence-electron chi connectivity index (χ4n) is 2.27. The Morgan fingerprint density at radius 3 is 2.52 bits per heavy atom. The molecule has 0 amide bonds. The molecule has 3 N–H and O–H groups in total. The molecule has 1 unspecified atom stereocenters. The van der Waals surface area contributed by atoms with Crippen molar-refractivity contribution in [3.05, 3.63) is 64.7 Å². The number of methoxy groups -OCH3 is 1. The minimum atomic E-state index is -0.862. The third-order valence-corrected chi connectivity index (χ3v) is 3.39. The lowest BCUT2D eigenvalue weighted by Gasteiger charge is -2.19. The van der Waals surface area contributed by atoms with E-state index in [2.05, 4.69) is 5.43 Å². The summed E-state index contributed by atoms with van der Waals surface area (Å²) in [6.45, 7) is 1.96. The predicted octanol–water partition coefficient (Wildman–Crippen LogP) is 3.03. The van der Waals surface area contributed by atoms with E-state index in [0.29, 0.717) is 17.7 Å². The van der Waals surface area contributed by atoms with Gasteiger partial charge in [0.15, 0.2) is 11.6 Å². The summed E-state index contributed by atoms with van der Waals surface area (Å²) in [5.74, 6) is 4.60. The molecule has 0 heterocycles. The van der Waals surface area contributed by atoms with Gasteiger partial charge in [-0.05, 0) is 42.7 Å². The van der Waals surface area contributed by atoms with Crippen LogP contribution in [0.1, 0.15) is 22.7 Å². The van der Waals surface area contributed by atoms with Crippen molar-refractivity contribution in [2.24, 2.45) is 5.84 Å². The van der Waals surface area contributed by atoms with Crippen molar-refractivity contribution in [1.29, 1.82) is 0 Å². The average molecular weight is 292 g/mol. The first-order valence-corrected chi connectivity index (χ1v) is 6.59. The molecule has 1 atom stereocenters. The van der Waals surface area contributed by atoms with Crippen molar-refractivity contribution >= 4 is 0 Å². The first kappa shape index (κ1) is 15.4. The monoisotopic (exact) mass is 292 g/mol. The molecule has 0 fully saturated rings. The van der Waals surface area contributed by atoms with Crippen LogP contribution in [0.15, 0.2) is 36.4 Å². The maximum absolute atomic E-state index is 13.3. The molecule has 0 spiro atoms. The number of ether oxygens (including phenoxy) is 1. The highest BCUT2D eigenvalue weighted by Gasteiger charge is 2.16. The van der Waals surface area contributed by atoms with E-state index in [-0.39, 0.29) is 6.04 Å². The van der Waals surface area contributed by atoms with Gasteiger partial charge in [-0.2, -0.15) is 0 Å². The van der Waals surface area contributed by atoms with E-state index in [1.807, 2.05) is 25.1 Å². The van der Waals surface area contributed by atoms with Crippen LogP contribution in [0.2, 0.25) is 0 Å². The molecule has 0 aliphatic heterocycles. The van der Waals surface area contributed by atoms with E-state index in [1.54, 1.807) is 13.2 Å². The minimum absolute atomic E-state index is 0.259. The van der Waals surface area contributed by atoms with Crippen molar-refractivity contribution in [2.75, 3.05) is 7.11 Å². The topological polar surface area (TPSA) is 47.3 Å². The van der Waals surface area contributed by atoms with E-state index in [1.165, 1.54) is 6.07 Å². The Bertz CT molecular complexity index is 632. The lowest BCUT2D eigenvalue weighted by molar-refractivity contribution is 0.398. The summed E-state index contributed by atoms with van der Waals surface area (Å²) < 4.78 is 31.6. The smallest absolute Gasteiger partial charge is 0.159 e. The van der Waals surface area contributed by atoms with E-state index >= 15 is 0 Å². The van der Waals surface area contributed by atoms with Crippen LogP contribution in [-0.2, 0) is 6.42 Å². The number of nitrogens with two attached hydrogens (primary N) is 1. The van der Waals surface area contributed by atoms with Crippen molar-refractivity contribution in [1.82, 2.24) is 5.43 Å². The first-order valence-electron chi connectivity index (χ1n) is 6.59. The molecule has 2 rings (SSSR count). The molecule has 21 heavy (non-hydrogen) atoms. The van der Waals surface area contributed by atoms with Gasteiger partial charge in [0, 0.05) is 5.56 Å². The Balaban J connectivity index is 2.29. The van der Waals surface area contributed by atoms with E-state index in [9.17, 15) is 8.78 Å². The largest absolute Gasteiger partial charge is 0.496 e. The van der Waals surface area contributed by atoms with Crippen molar-refractivity contribution in [3.63, 3.8) is 0 Å². The van der Waals surface area contributed by atoms with E-state index in [0.717, 1.165) is 17.2 Å². The van der Waals surface area contributed by atoms with Crippen molar-refractivity contribution in [2.45, 2.75) is 19.4 Å². The highest BCUT2D eigenvalue weighted by Crippen LogP contribution is 2.28. The van der Waals surface area contributed by atoms with Gasteiger partial charge in [-0.1, -0.05) is 18.2 Å². The zero-order valence-electron chi connectivity index (χ0n) is 12.0. The summed E-state index contributed by atoms with van der Waals surface area (Å²) in [7, 11) is 1.59. The second-order valence-electron chi connectivity index (χ2n) is 4.92. The lowest BCUT2D eigenvalue weighted by Crippen LogP contribution is -2.30. The van der Waals surface area contributed by atoms with Gasteiger partial charge in [-0.15, -0.1) is 0 Å². The molecule has 3 nitrogen and oxygen atoms in total. The van der Waals surface area contributed by atoms with Gasteiger partial charge in [0.25, 0.3) is 0 Å². The fraction of sp³-hybridized carbons (Fsp3) is 0.250. The maximum Gasteiger partial charge on any atom is 0.159 e. The van der Waals surface area contributed by atoms with Gasteiger partial charge in [0.05, 0.1) is 13.2 Å². The van der Waals surface area contributed by atoms with Gasteiger partial charge in [-0.25, -0.2) is 8.78 Å². The standard InChI is InChI=1S/C16H18F2N2O/c1-10-3-5-12(16(7-10)21-2)15(20-19)9-11-4-6-13(17)14(18)8-11/h3-8,15,20H,9,19H2,1-2H3. The van der Waals surface area contributed by atoms with Gasteiger partial charge >= 0.3 is 0 Å². The molecule has 0 aliphatic rings. The Labute approximate surface area is 122 Å². The molecule has 0 radical (unpaired) electrons. The number of hydrazine groups is 1. The van der Waals surface area contributed by atoms with Crippen LogP contribution in [0.5, 0.6) is 5.75 Å². The molecule has 0 aromatic heterocycles. The van der Waals surface area contributed by atoms with Gasteiger partial charge in [0.2, 0.25) is 0 Å². The molecule has 2 aromatic rings. The summed E-state index contributed by atoms with van der Waals surface area (Å²) in [5, 5.41) is 0. The minimum Gasteiger partial charge on any atom is -0.496 e.